The molecule has 0 amide bonds. The van der Waals surface area contributed by atoms with Crippen molar-refractivity contribution >= 4 is 21.4 Å². The predicted octanol–water partition coefficient (Wildman–Crippen LogP) is 2.75. The van der Waals surface area contributed by atoms with Crippen molar-refractivity contribution in [2.75, 3.05) is 19.6 Å². The summed E-state index contributed by atoms with van der Waals surface area (Å²) >= 11 is 1.50. The van der Waals surface area contributed by atoms with E-state index in [-0.39, 0.29) is 0 Å². The van der Waals surface area contributed by atoms with Gasteiger partial charge in [-0.3, -0.25) is 0 Å². The highest BCUT2D eigenvalue weighted by atomic mass is 32.2. The van der Waals surface area contributed by atoms with Crippen LogP contribution in [0.4, 0.5) is 0 Å². The van der Waals surface area contributed by atoms with Gasteiger partial charge in [0.05, 0.1) is 0 Å². The van der Waals surface area contributed by atoms with Crippen molar-refractivity contribution in [2.24, 2.45) is 0 Å². The lowest BCUT2D eigenvalue weighted by Crippen LogP contribution is -2.33. The number of hydrogen-bond acceptors (Lipinski definition) is 4. The second-order valence-corrected chi connectivity index (χ2v) is 7.44. The van der Waals surface area contributed by atoms with E-state index >= 15 is 0 Å². The normalized spacial score (nSPS) is 12.0. The van der Waals surface area contributed by atoms with Gasteiger partial charge in [-0.05, 0) is 30.8 Å². The molecule has 1 rings (SSSR count). The van der Waals surface area contributed by atoms with E-state index in [1.807, 2.05) is 26.2 Å². The highest BCUT2D eigenvalue weighted by Gasteiger charge is 2.28. The first-order valence-electron chi connectivity index (χ1n) is 6.87. The highest BCUT2D eigenvalue weighted by molar-refractivity contribution is 7.89. The minimum atomic E-state index is -3.44. The SMILES string of the molecule is C=CCN(CCC)S(=O)(=O)c1c(C)csc1CNCC. The molecule has 0 unspecified atom stereocenters. The van der Waals surface area contributed by atoms with E-state index < -0.39 is 10.0 Å². The molecule has 0 aromatic carbocycles. The van der Waals surface area contributed by atoms with Gasteiger partial charge >= 0.3 is 0 Å². The fourth-order valence-electron chi connectivity index (χ4n) is 2.03. The highest BCUT2D eigenvalue weighted by Crippen LogP contribution is 2.29. The molecule has 1 heterocycles. The van der Waals surface area contributed by atoms with Crippen LogP contribution in [0, 0.1) is 6.92 Å². The lowest BCUT2D eigenvalue weighted by atomic mass is 10.3. The summed E-state index contributed by atoms with van der Waals surface area (Å²) in [6.45, 7) is 11.8. The molecule has 0 aliphatic carbocycles. The Bertz CT molecular complexity index is 535. The van der Waals surface area contributed by atoms with E-state index in [4.69, 9.17) is 0 Å². The van der Waals surface area contributed by atoms with Crippen molar-refractivity contribution in [3.8, 4) is 0 Å². The molecule has 0 radical (unpaired) electrons. The monoisotopic (exact) mass is 316 g/mol. The molecule has 4 nitrogen and oxygen atoms in total. The third-order valence-corrected chi connectivity index (χ3v) is 6.26. The molecule has 0 bridgehead atoms. The standard InChI is InChI=1S/C14H24N2O2S2/c1-5-8-16(9-6-2)20(17,18)14-12(4)11-19-13(14)10-15-7-3/h5,11,15H,1,6-10H2,2-4H3. The zero-order valence-corrected chi connectivity index (χ0v) is 14.1. The summed E-state index contributed by atoms with van der Waals surface area (Å²) in [6, 6.07) is 0. The first-order chi connectivity index (χ1) is 9.48. The maximum atomic E-state index is 12.8. The Morgan fingerprint density at radius 3 is 2.70 bits per heavy atom. The average molecular weight is 316 g/mol. The Hall–Kier alpha value is -0.690. The topological polar surface area (TPSA) is 49.4 Å². The summed E-state index contributed by atoms with van der Waals surface area (Å²) in [5.74, 6) is 0. The van der Waals surface area contributed by atoms with Gasteiger partial charge in [0.15, 0.2) is 0 Å². The lowest BCUT2D eigenvalue weighted by molar-refractivity contribution is 0.440. The quantitative estimate of drug-likeness (QED) is 0.713. The average Bonchev–Trinajstić information content (AvgIpc) is 2.78. The molecular formula is C14H24N2O2S2. The summed E-state index contributed by atoms with van der Waals surface area (Å²) in [4.78, 5) is 1.35. The number of aryl methyl sites for hydroxylation is 1. The maximum Gasteiger partial charge on any atom is 0.244 e. The zero-order valence-electron chi connectivity index (χ0n) is 12.5. The number of sulfonamides is 1. The molecule has 1 aromatic rings. The minimum Gasteiger partial charge on any atom is -0.312 e. The van der Waals surface area contributed by atoms with E-state index in [1.54, 1.807) is 6.08 Å². The van der Waals surface area contributed by atoms with Crippen molar-refractivity contribution in [1.29, 1.82) is 0 Å². The van der Waals surface area contributed by atoms with Crippen LogP contribution in [0.25, 0.3) is 0 Å². The van der Waals surface area contributed by atoms with Crippen LogP contribution in [-0.2, 0) is 16.6 Å². The van der Waals surface area contributed by atoms with Gasteiger partial charge < -0.3 is 5.32 Å². The second-order valence-electron chi connectivity index (χ2n) is 4.60. The van der Waals surface area contributed by atoms with Gasteiger partial charge in [-0.15, -0.1) is 17.9 Å². The second kappa shape index (κ2) is 7.93. The van der Waals surface area contributed by atoms with Gasteiger partial charge in [0, 0.05) is 24.5 Å². The molecule has 0 atom stereocenters. The van der Waals surface area contributed by atoms with Gasteiger partial charge in [-0.1, -0.05) is 19.9 Å². The Kier molecular flexibility index (Phi) is 6.88. The summed E-state index contributed by atoms with van der Waals surface area (Å²) in [7, 11) is -3.44. The van der Waals surface area contributed by atoms with Crippen LogP contribution in [-0.4, -0.2) is 32.4 Å². The molecule has 0 saturated carbocycles. The van der Waals surface area contributed by atoms with Gasteiger partial charge in [0.1, 0.15) is 4.90 Å². The van der Waals surface area contributed by atoms with Crippen LogP contribution in [0.1, 0.15) is 30.7 Å². The molecule has 0 fully saturated rings. The molecule has 114 valence electrons. The van der Waals surface area contributed by atoms with Crippen LogP contribution in [0.5, 0.6) is 0 Å². The molecule has 1 N–H and O–H groups in total. The van der Waals surface area contributed by atoms with Crippen LogP contribution >= 0.6 is 11.3 Å². The largest absolute Gasteiger partial charge is 0.312 e. The number of nitrogens with one attached hydrogen (secondary N) is 1. The van der Waals surface area contributed by atoms with E-state index in [0.717, 1.165) is 23.4 Å². The van der Waals surface area contributed by atoms with Gasteiger partial charge in [0.2, 0.25) is 10.0 Å². The Morgan fingerprint density at radius 2 is 2.15 bits per heavy atom. The van der Waals surface area contributed by atoms with Gasteiger partial charge in [-0.2, -0.15) is 4.31 Å². The molecule has 1 aromatic heterocycles. The lowest BCUT2D eigenvalue weighted by Gasteiger charge is -2.21. The third kappa shape index (κ3) is 3.91. The van der Waals surface area contributed by atoms with Crippen molar-refractivity contribution in [3.05, 3.63) is 28.5 Å². The van der Waals surface area contributed by atoms with Crippen LogP contribution in [0.15, 0.2) is 22.9 Å². The van der Waals surface area contributed by atoms with Crippen LogP contribution in [0.3, 0.4) is 0 Å². The van der Waals surface area contributed by atoms with Crippen LogP contribution in [0.2, 0.25) is 0 Å². The van der Waals surface area contributed by atoms with E-state index in [2.05, 4.69) is 11.9 Å². The third-order valence-electron chi connectivity index (χ3n) is 2.93. The van der Waals surface area contributed by atoms with Gasteiger partial charge in [0.25, 0.3) is 0 Å². The summed E-state index contributed by atoms with van der Waals surface area (Å²) in [5, 5.41) is 5.11. The smallest absolute Gasteiger partial charge is 0.244 e. The van der Waals surface area contributed by atoms with E-state index in [0.29, 0.717) is 24.5 Å². The molecule has 0 aliphatic heterocycles. The first kappa shape index (κ1) is 17.4. The Labute approximate surface area is 126 Å². The molecule has 0 spiro atoms. The summed E-state index contributed by atoms with van der Waals surface area (Å²) in [5.41, 5.74) is 0.827. The van der Waals surface area contributed by atoms with Crippen molar-refractivity contribution in [3.63, 3.8) is 0 Å². The maximum absolute atomic E-state index is 12.8. The molecule has 0 aliphatic rings. The van der Waals surface area contributed by atoms with Crippen molar-refractivity contribution in [2.45, 2.75) is 38.6 Å². The molecular weight excluding hydrogens is 292 g/mol. The van der Waals surface area contributed by atoms with Crippen molar-refractivity contribution in [1.82, 2.24) is 9.62 Å². The predicted molar refractivity (Wildman–Crippen MR) is 85.7 cm³/mol. The number of rotatable bonds is 9. The van der Waals surface area contributed by atoms with Gasteiger partial charge in [-0.25, -0.2) is 8.42 Å². The Morgan fingerprint density at radius 1 is 1.45 bits per heavy atom. The van der Waals surface area contributed by atoms with E-state index in [9.17, 15) is 8.42 Å². The molecule has 0 saturated heterocycles. The summed E-state index contributed by atoms with van der Waals surface area (Å²) < 4.78 is 27.2. The number of nitrogens with zero attached hydrogens (tertiary/aromatic N) is 1. The summed E-state index contributed by atoms with van der Waals surface area (Å²) in [6.07, 6.45) is 2.43. The molecule has 6 heteroatoms. The zero-order chi connectivity index (χ0) is 15.2. The van der Waals surface area contributed by atoms with E-state index in [1.165, 1.54) is 15.6 Å². The molecule has 20 heavy (non-hydrogen) atoms. The minimum absolute atomic E-state index is 0.353. The first-order valence-corrected chi connectivity index (χ1v) is 9.19. The number of hydrogen-bond donors (Lipinski definition) is 1. The number of thiophene rings is 1. The van der Waals surface area contributed by atoms with Crippen LogP contribution < -0.4 is 5.32 Å². The van der Waals surface area contributed by atoms with Crippen molar-refractivity contribution < 1.29 is 8.42 Å². The fourth-order valence-corrected chi connectivity index (χ4v) is 5.26. The Balaban J connectivity index is 3.18. The fraction of sp³-hybridized carbons (Fsp3) is 0.571.